The van der Waals surface area contributed by atoms with Crippen molar-refractivity contribution in [3.8, 4) is 0 Å². The number of aryl methyl sites for hydroxylation is 1. The van der Waals surface area contributed by atoms with Gasteiger partial charge >= 0.3 is 0 Å². The van der Waals surface area contributed by atoms with Crippen molar-refractivity contribution < 1.29 is 4.79 Å². The van der Waals surface area contributed by atoms with Crippen LogP contribution in [0.1, 0.15) is 30.5 Å². The van der Waals surface area contributed by atoms with Crippen LogP contribution in [0, 0.1) is 5.92 Å². The fourth-order valence-corrected chi connectivity index (χ4v) is 2.23. The second-order valence-corrected chi connectivity index (χ2v) is 4.66. The molecule has 0 bridgehead atoms. The van der Waals surface area contributed by atoms with Gasteiger partial charge < -0.3 is 5.32 Å². The van der Waals surface area contributed by atoms with Gasteiger partial charge in [-0.2, -0.15) is 0 Å². The first-order chi connectivity index (χ1) is 7.72. The Balaban J connectivity index is 2.06. The van der Waals surface area contributed by atoms with E-state index >= 15 is 0 Å². The highest BCUT2D eigenvalue weighted by atomic mass is 35.5. The Morgan fingerprint density at radius 3 is 3.06 bits per heavy atom. The number of nitrogens with one attached hydrogen (secondary N) is 1. The summed E-state index contributed by atoms with van der Waals surface area (Å²) < 4.78 is 0. The molecule has 1 amide bonds. The van der Waals surface area contributed by atoms with Gasteiger partial charge in [0.1, 0.15) is 0 Å². The van der Waals surface area contributed by atoms with E-state index in [1.54, 1.807) is 0 Å². The molecular formula is C13H16ClNO. The molecule has 2 unspecified atom stereocenters. The van der Waals surface area contributed by atoms with E-state index in [1.807, 2.05) is 19.1 Å². The quantitative estimate of drug-likeness (QED) is 0.805. The van der Waals surface area contributed by atoms with Crippen molar-refractivity contribution in [3.05, 3.63) is 35.4 Å². The summed E-state index contributed by atoms with van der Waals surface area (Å²) in [6, 6.07) is 8.47. The van der Waals surface area contributed by atoms with Gasteiger partial charge in [0.15, 0.2) is 0 Å². The highest BCUT2D eigenvalue weighted by Crippen LogP contribution is 2.30. The molecule has 16 heavy (non-hydrogen) atoms. The van der Waals surface area contributed by atoms with Crippen LogP contribution in [-0.4, -0.2) is 11.8 Å². The zero-order valence-corrected chi connectivity index (χ0v) is 10.1. The third-order valence-electron chi connectivity index (χ3n) is 3.13. The van der Waals surface area contributed by atoms with Crippen LogP contribution < -0.4 is 5.32 Å². The van der Waals surface area contributed by atoms with Crippen LogP contribution in [0.2, 0.25) is 0 Å². The molecule has 2 rings (SSSR count). The lowest BCUT2D eigenvalue weighted by Crippen LogP contribution is -2.32. The molecule has 0 aromatic heterocycles. The first-order valence-corrected chi connectivity index (χ1v) is 6.20. The molecule has 1 aliphatic carbocycles. The second kappa shape index (κ2) is 4.88. The van der Waals surface area contributed by atoms with Crippen LogP contribution in [-0.2, 0) is 11.2 Å². The lowest BCUT2D eigenvalue weighted by Gasteiger charge is -2.16. The third-order valence-corrected chi connectivity index (χ3v) is 3.59. The Morgan fingerprint density at radius 2 is 2.31 bits per heavy atom. The maximum atomic E-state index is 11.7. The second-order valence-electron chi connectivity index (χ2n) is 4.35. The Labute approximate surface area is 101 Å². The molecule has 1 aromatic carbocycles. The molecule has 86 valence electrons. The van der Waals surface area contributed by atoms with Gasteiger partial charge in [0.05, 0.1) is 6.04 Å². The smallest absolute Gasteiger partial charge is 0.224 e. The third kappa shape index (κ3) is 2.22. The number of carbonyl (C=O) groups is 1. The van der Waals surface area contributed by atoms with E-state index in [0.29, 0.717) is 5.88 Å². The van der Waals surface area contributed by atoms with E-state index in [9.17, 15) is 4.79 Å². The standard InChI is InChI=1S/C13H16ClNO/c1-9(8-14)13(16)15-12-7-6-10-4-2-3-5-11(10)12/h2-5,9,12H,6-8H2,1H3,(H,15,16). The van der Waals surface area contributed by atoms with E-state index < -0.39 is 0 Å². The van der Waals surface area contributed by atoms with Crippen molar-refractivity contribution in [1.82, 2.24) is 5.32 Å². The van der Waals surface area contributed by atoms with Gasteiger partial charge in [-0.1, -0.05) is 31.2 Å². The summed E-state index contributed by atoms with van der Waals surface area (Å²) >= 11 is 5.67. The summed E-state index contributed by atoms with van der Waals surface area (Å²) in [5.41, 5.74) is 2.61. The highest BCUT2D eigenvalue weighted by molar-refractivity contribution is 6.19. The van der Waals surface area contributed by atoms with Gasteiger partial charge in [0.2, 0.25) is 5.91 Å². The van der Waals surface area contributed by atoms with Gasteiger partial charge in [0, 0.05) is 11.8 Å². The molecule has 0 fully saturated rings. The van der Waals surface area contributed by atoms with E-state index in [4.69, 9.17) is 11.6 Å². The number of amides is 1. The first-order valence-electron chi connectivity index (χ1n) is 5.66. The Morgan fingerprint density at radius 1 is 1.56 bits per heavy atom. The number of fused-ring (bicyclic) bond motifs is 1. The molecule has 2 atom stereocenters. The maximum Gasteiger partial charge on any atom is 0.224 e. The summed E-state index contributed by atoms with van der Waals surface area (Å²) in [6.45, 7) is 1.85. The number of carbonyl (C=O) groups excluding carboxylic acids is 1. The van der Waals surface area contributed by atoms with E-state index in [-0.39, 0.29) is 17.9 Å². The molecular weight excluding hydrogens is 222 g/mol. The van der Waals surface area contributed by atoms with E-state index in [1.165, 1.54) is 11.1 Å². The van der Waals surface area contributed by atoms with E-state index in [2.05, 4.69) is 17.4 Å². The first kappa shape index (κ1) is 11.5. The van der Waals surface area contributed by atoms with Crippen LogP contribution in [0.4, 0.5) is 0 Å². The predicted molar refractivity (Wildman–Crippen MR) is 65.5 cm³/mol. The van der Waals surface area contributed by atoms with Crippen LogP contribution in [0.3, 0.4) is 0 Å². The average Bonchev–Trinajstić information content (AvgIpc) is 2.72. The molecule has 0 radical (unpaired) electrons. The van der Waals surface area contributed by atoms with Gasteiger partial charge in [-0.05, 0) is 24.0 Å². The summed E-state index contributed by atoms with van der Waals surface area (Å²) in [7, 11) is 0. The molecule has 0 saturated heterocycles. The molecule has 1 aromatic rings. The molecule has 1 aliphatic rings. The summed E-state index contributed by atoms with van der Waals surface area (Å²) in [6.07, 6.45) is 2.05. The molecule has 0 aliphatic heterocycles. The van der Waals surface area contributed by atoms with Gasteiger partial charge in [-0.15, -0.1) is 11.6 Å². The lowest BCUT2D eigenvalue weighted by molar-refractivity contribution is -0.124. The summed E-state index contributed by atoms with van der Waals surface area (Å²) in [5.74, 6) is 0.311. The van der Waals surface area contributed by atoms with Crippen LogP contribution in [0.5, 0.6) is 0 Å². The fourth-order valence-electron chi connectivity index (χ4n) is 2.09. The maximum absolute atomic E-state index is 11.7. The number of alkyl halides is 1. The molecule has 0 saturated carbocycles. The minimum absolute atomic E-state index is 0.0525. The largest absolute Gasteiger partial charge is 0.349 e. The van der Waals surface area contributed by atoms with Gasteiger partial charge in [-0.25, -0.2) is 0 Å². The van der Waals surface area contributed by atoms with Crippen molar-refractivity contribution >= 4 is 17.5 Å². The minimum Gasteiger partial charge on any atom is -0.349 e. The Kier molecular flexibility index (Phi) is 3.49. The normalized spacial score (nSPS) is 20.2. The van der Waals surface area contributed by atoms with Crippen molar-refractivity contribution in [2.45, 2.75) is 25.8 Å². The van der Waals surface area contributed by atoms with Crippen molar-refractivity contribution in [3.63, 3.8) is 0 Å². The predicted octanol–water partition coefficient (Wildman–Crippen LogP) is 2.67. The fraction of sp³-hybridized carbons (Fsp3) is 0.462. The summed E-state index contributed by atoms with van der Waals surface area (Å²) in [4.78, 5) is 11.7. The highest BCUT2D eigenvalue weighted by Gasteiger charge is 2.24. The number of benzene rings is 1. The topological polar surface area (TPSA) is 29.1 Å². The minimum atomic E-state index is -0.116. The Bertz CT molecular complexity index is 391. The lowest BCUT2D eigenvalue weighted by atomic mass is 10.1. The zero-order valence-electron chi connectivity index (χ0n) is 9.37. The van der Waals surface area contributed by atoms with Crippen LogP contribution in [0.25, 0.3) is 0 Å². The molecule has 3 heteroatoms. The Hall–Kier alpha value is -1.02. The molecule has 2 nitrogen and oxygen atoms in total. The number of rotatable bonds is 3. The van der Waals surface area contributed by atoms with Gasteiger partial charge in [-0.3, -0.25) is 4.79 Å². The summed E-state index contributed by atoms with van der Waals surface area (Å²) in [5, 5.41) is 3.06. The number of hydrogen-bond donors (Lipinski definition) is 1. The number of hydrogen-bond acceptors (Lipinski definition) is 1. The molecule has 0 spiro atoms. The SMILES string of the molecule is CC(CCl)C(=O)NC1CCc2ccccc21. The van der Waals surface area contributed by atoms with Crippen LogP contribution in [0.15, 0.2) is 24.3 Å². The zero-order chi connectivity index (χ0) is 11.5. The van der Waals surface area contributed by atoms with Crippen molar-refractivity contribution in [2.24, 2.45) is 5.92 Å². The average molecular weight is 238 g/mol. The molecule has 0 heterocycles. The van der Waals surface area contributed by atoms with Crippen LogP contribution >= 0.6 is 11.6 Å². The number of halogens is 1. The van der Waals surface area contributed by atoms with E-state index in [0.717, 1.165) is 12.8 Å². The van der Waals surface area contributed by atoms with Crippen molar-refractivity contribution in [1.29, 1.82) is 0 Å². The van der Waals surface area contributed by atoms with Gasteiger partial charge in [0.25, 0.3) is 0 Å². The van der Waals surface area contributed by atoms with Crippen molar-refractivity contribution in [2.75, 3.05) is 5.88 Å². The molecule has 1 N–H and O–H groups in total. The monoisotopic (exact) mass is 237 g/mol.